The van der Waals surface area contributed by atoms with Gasteiger partial charge < -0.3 is 19.9 Å². The Kier molecular flexibility index (Phi) is 7.59. The van der Waals surface area contributed by atoms with Crippen LogP contribution in [0.1, 0.15) is 6.92 Å². The van der Waals surface area contributed by atoms with Crippen LogP contribution < -0.4 is 5.32 Å². The van der Waals surface area contributed by atoms with Crippen molar-refractivity contribution in [2.75, 3.05) is 33.5 Å². The lowest BCUT2D eigenvalue weighted by molar-refractivity contribution is 0.0129. The number of aromatic nitrogens is 2. The highest BCUT2D eigenvalue weighted by molar-refractivity contribution is 4.79. The molecule has 0 aliphatic carbocycles. The van der Waals surface area contributed by atoms with E-state index >= 15 is 0 Å². The Bertz CT molecular complexity index is 293. The fraction of sp³-hybridized carbons (Fsp3) is 0.750. The molecule has 18 heavy (non-hydrogen) atoms. The van der Waals surface area contributed by atoms with E-state index in [4.69, 9.17) is 9.47 Å². The van der Waals surface area contributed by atoms with Gasteiger partial charge in [-0.3, -0.25) is 4.68 Å². The first kappa shape index (κ1) is 15.1. The summed E-state index contributed by atoms with van der Waals surface area (Å²) in [5, 5.41) is 17.0. The van der Waals surface area contributed by atoms with E-state index in [2.05, 4.69) is 17.3 Å². The molecule has 0 spiro atoms. The standard InChI is InChI=1S/C12H23N3O3/c1-11(9-15-5-3-4-14-15)13-8-12(16)10-18-7-6-17-2/h3-5,11-13,16H,6-10H2,1-2H3. The molecule has 1 rings (SSSR count). The highest BCUT2D eigenvalue weighted by atomic mass is 16.5. The van der Waals surface area contributed by atoms with Gasteiger partial charge in [0.25, 0.3) is 0 Å². The number of ether oxygens (including phenoxy) is 2. The lowest BCUT2D eigenvalue weighted by Gasteiger charge is -2.17. The minimum absolute atomic E-state index is 0.249. The first-order valence-electron chi connectivity index (χ1n) is 6.18. The predicted molar refractivity (Wildman–Crippen MR) is 68.4 cm³/mol. The molecule has 104 valence electrons. The zero-order chi connectivity index (χ0) is 13.2. The molecule has 0 aromatic carbocycles. The Labute approximate surface area is 108 Å². The maximum Gasteiger partial charge on any atom is 0.0897 e. The van der Waals surface area contributed by atoms with Crippen LogP contribution in [0.2, 0.25) is 0 Å². The fourth-order valence-electron chi connectivity index (χ4n) is 1.51. The highest BCUT2D eigenvalue weighted by Crippen LogP contribution is 1.92. The van der Waals surface area contributed by atoms with E-state index in [1.165, 1.54) is 0 Å². The number of aliphatic hydroxyl groups is 1. The molecule has 0 aliphatic heterocycles. The van der Waals surface area contributed by atoms with E-state index in [0.717, 1.165) is 6.54 Å². The summed E-state index contributed by atoms with van der Waals surface area (Å²) in [6, 6.07) is 2.14. The van der Waals surface area contributed by atoms with Gasteiger partial charge >= 0.3 is 0 Å². The van der Waals surface area contributed by atoms with Crippen LogP contribution in [0.5, 0.6) is 0 Å². The molecule has 2 N–H and O–H groups in total. The SMILES string of the molecule is COCCOCC(O)CNC(C)Cn1cccn1. The third-order valence-corrected chi connectivity index (χ3v) is 2.46. The van der Waals surface area contributed by atoms with Crippen LogP contribution in [0.3, 0.4) is 0 Å². The molecule has 0 saturated heterocycles. The summed E-state index contributed by atoms with van der Waals surface area (Å²) in [6.07, 6.45) is 3.18. The third-order valence-electron chi connectivity index (χ3n) is 2.46. The summed E-state index contributed by atoms with van der Waals surface area (Å²) in [5.41, 5.74) is 0. The average molecular weight is 257 g/mol. The molecule has 2 atom stereocenters. The number of aliphatic hydroxyl groups excluding tert-OH is 1. The summed E-state index contributed by atoms with van der Waals surface area (Å²) in [4.78, 5) is 0. The summed E-state index contributed by atoms with van der Waals surface area (Å²) < 4.78 is 12.0. The van der Waals surface area contributed by atoms with Gasteiger partial charge in [0.15, 0.2) is 0 Å². The van der Waals surface area contributed by atoms with Crippen molar-refractivity contribution in [1.82, 2.24) is 15.1 Å². The quantitative estimate of drug-likeness (QED) is 0.572. The molecule has 0 amide bonds. The molecule has 0 saturated carbocycles. The van der Waals surface area contributed by atoms with E-state index in [0.29, 0.717) is 26.4 Å². The number of nitrogens with one attached hydrogen (secondary N) is 1. The van der Waals surface area contributed by atoms with Gasteiger partial charge in [-0.1, -0.05) is 0 Å². The molecule has 0 fully saturated rings. The van der Waals surface area contributed by atoms with Crippen LogP contribution in [-0.4, -0.2) is 60.5 Å². The Balaban J connectivity index is 2.04. The predicted octanol–water partition coefficient (Wildman–Crippen LogP) is -0.115. The second-order valence-corrected chi connectivity index (χ2v) is 4.26. The second kappa shape index (κ2) is 9.04. The summed E-state index contributed by atoms with van der Waals surface area (Å²) in [6.45, 7) is 4.73. The summed E-state index contributed by atoms with van der Waals surface area (Å²) >= 11 is 0. The van der Waals surface area contributed by atoms with Crippen LogP contribution >= 0.6 is 0 Å². The molecule has 1 aromatic heterocycles. The molecule has 6 heteroatoms. The maximum absolute atomic E-state index is 9.67. The molecular weight excluding hydrogens is 234 g/mol. The van der Waals surface area contributed by atoms with E-state index in [-0.39, 0.29) is 6.04 Å². The van der Waals surface area contributed by atoms with E-state index in [1.807, 2.05) is 16.9 Å². The van der Waals surface area contributed by atoms with Crippen LogP contribution in [-0.2, 0) is 16.0 Å². The van der Waals surface area contributed by atoms with Crippen molar-refractivity contribution in [2.24, 2.45) is 0 Å². The van der Waals surface area contributed by atoms with Gasteiger partial charge in [-0.05, 0) is 13.0 Å². The van der Waals surface area contributed by atoms with Gasteiger partial charge in [0.1, 0.15) is 0 Å². The Morgan fingerprint density at radius 3 is 2.94 bits per heavy atom. The van der Waals surface area contributed by atoms with Crippen LogP contribution in [0, 0.1) is 0 Å². The molecule has 1 heterocycles. The van der Waals surface area contributed by atoms with E-state index in [1.54, 1.807) is 13.3 Å². The summed E-state index contributed by atoms with van der Waals surface area (Å²) in [5.74, 6) is 0. The van der Waals surface area contributed by atoms with Crippen LogP contribution in [0.4, 0.5) is 0 Å². The lowest BCUT2D eigenvalue weighted by atomic mass is 10.3. The van der Waals surface area contributed by atoms with Crippen molar-refractivity contribution >= 4 is 0 Å². The topological polar surface area (TPSA) is 68.5 Å². The second-order valence-electron chi connectivity index (χ2n) is 4.26. The largest absolute Gasteiger partial charge is 0.389 e. The Morgan fingerprint density at radius 1 is 1.44 bits per heavy atom. The highest BCUT2D eigenvalue weighted by Gasteiger charge is 2.07. The molecule has 6 nitrogen and oxygen atoms in total. The average Bonchev–Trinajstić information content (AvgIpc) is 2.85. The fourth-order valence-corrected chi connectivity index (χ4v) is 1.51. The van der Waals surface area contributed by atoms with Gasteiger partial charge in [0, 0.05) is 32.1 Å². The summed E-state index contributed by atoms with van der Waals surface area (Å²) in [7, 11) is 1.62. The Hall–Kier alpha value is -0.950. The zero-order valence-corrected chi connectivity index (χ0v) is 11.1. The molecule has 0 radical (unpaired) electrons. The van der Waals surface area contributed by atoms with Gasteiger partial charge in [0.05, 0.1) is 32.5 Å². The molecule has 0 bridgehead atoms. The first-order chi connectivity index (χ1) is 8.72. The minimum Gasteiger partial charge on any atom is -0.389 e. The van der Waals surface area contributed by atoms with Gasteiger partial charge in [-0.2, -0.15) is 5.10 Å². The zero-order valence-electron chi connectivity index (χ0n) is 11.1. The van der Waals surface area contributed by atoms with Crippen molar-refractivity contribution in [1.29, 1.82) is 0 Å². The number of hydrogen-bond donors (Lipinski definition) is 2. The van der Waals surface area contributed by atoms with Gasteiger partial charge in [0.2, 0.25) is 0 Å². The van der Waals surface area contributed by atoms with Crippen molar-refractivity contribution < 1.29 is 14.6 Å². The van der Waals surface area contributed by atoms with Crippen LogP contribution in [0.25, 0.3) is 0 Å². The minimum atomic E-state index is -0.498. The molecular formula is C12H23N3O3. The number of methoxy groups -OCH3 is 1. The van der Waals surface area contributed by atoms with Crippen molar-refractivity contribution in [3.05, 3.63) is 18.5 Å². The van der Waals surface area contributed by atoms with Gasteiger partial charge in [-0.15, -0.1) is 0 Å². The van der Waals surface area contributed by atoms with Crippen LogP contribution in [0.15, 0.2) is 18.5 Å². The smallest absolute Gasteiger partial charge is 0.0897 e. The molecule has 0 aliphatic rings. The van der Waals surface area contributed by atoms with Gasteiger partial charge in [-0.25, -0.2) is 0 Å². The van der Waals surface area contributed by atoms with E-state index in [9.17, 15) is 5.11 Å². The van der Waals surface area contributed by atoms with Crippen molar-refractivity contribution in [2.45, 2.75) is 25.6 Å². The number of rotatable bonds is 10. The lowest BCUT2D eigenvalue weighted by Crippen LogP contribution is -2.38. The number of hydrogen-bond acceptors (Lipinski definition) is 5. The third kappa shape index (κ3) is 6.70. The Morgan fingerprint density at radius 2 is 2.28 bits per heavy atom. The van der Waals surface area contributed by atoms with E-state index < -0.39 is 6.10 Å². The maximum atomic E-state index is 9.67. The molecule has 2 unspecified atom stereocenters. The molecule has 1 aromatic rings. The number of nitrogens with zero attached hydrogens (tertiary/aromatic N) is 2. The van der Waals surface area contributed by atoms with Crippen molar-refractivity contribution in [3.8, 4) is 0 Å². The monoisotopic (exact) mass is 257 g/mol. The first-order valence-corrected chi connectivity index (χ1v) is 6.18. The normalized spacial score (nSPS) is 14.6. The van der Waals surface area contributed by atoms with Crippen molar-refractivity contribution in [3.63, 3.8) is 0 Å².